The van der Waals surface area contributed by atoms with E-state index in [1.54, 1.807) is 12.3 Å². The van der Waals surface area contributed by atoms with Gasteiger partial charge in [-0.15, -0.1) is 0 Å². The van der Waals surface area contributed by atoms with Crippen molar-refractivity contribution in [1.82, 2.24) is 9.88 Å². The number of aromatic nitrogens is 1. The fourth-order valence-electron chi connectivity index (χ4n) is 3.73. The molecule has 128 valence electrons. The van der Waals surface area contributed by atoms with Crippen molar-refractivity contribution >= 4 is 10.8 Å². The number of nitrogens with zero attached hydrogens (tertiary/aromatic N) is 1. The molecule has 2 aromatic carbocycles. The Balaban J connectivity index is 1.67. The van der Waals surface area contributed by atoms with Gasteiger partial charge in [0.1, 0.15) is 0 Å². The van der Waals surface area contributed by atoms with Gasteiger partial charge in [-0.25, -0.2) is 8.78 Å². The number of halogens is 2. The van der Waals surface area contributed by atoms with Crippen LogP contribution in [0.2, 0.25) is 0 Å². The maximum Gasteiger partial charge on any atom is 0.255 e. The monoisotopic (exact) mass is 340 g/mol. The molecule has 1 aliphatic heterocycles. The highest BCUT2D eigenvalue weighted by molar-refractivity contribution is 5.84. The molecule has 1 aromatic heterocycles. The number of aromatic amines is 1. The van der Waals surface area contributed by atoms with E-state index >= 15 is 0 Å². The lowest BCUT2D eigenvalue weighted by molar-refractivity contribution is 0.248. The maximum atomic E-state index is 13.6. The van der Waals surface area contributed by atoms with Crippen LogP contribution in [0.4, 0.5) is 8.78 Å². The van der Waals surface area contributed by atoms with Gasteiger partial charge < -0.3 is 4.98 Å². The zero-order valence-corrected chi connectivity index (χ0v) is 13.6. The molecule has 1 fully saturated rings. The standard InChI is InChI=1S/C20H18F2N2O/c21-17-8-7-13(10-18(17)22)19-6-3-9-24(19)12-14-11-23-20(25)16-5-2-1-4-15(14)16/h1-2,4-5,7-8,10-11,19H,3,6,9,12H2,(H,23,25). The summed E-state index contributed by atoms with van der Waals surface area (Å²) in [5.74, 6) is -1.63. The van der Waals surface area contributed by atoms with Crippen LogP contribution >= 0.6 is 0 Å². The number of H-pyrrole nitrogens is 1. The summed E-state index contributed by atoms with van der Waals surface area (Å²) in [4.78, 5) is 17.0. The molecule has 1 unspecified atom stereocenters. The van der Waals surface area contributed by atoms with Gasteiger partial charge in [0.15, 0.2) is 11.6 Å². The zero-order chi connectivity index (χ0) is 17.4. The second-order valence-corrected chi connectivity index (χ2v) is 6.49. The third kappa shape index (κ3) is 2.96. The van der Waals surface area contributed by atoms with Crippen LogP contribution in [0.3, 0.4) is 0 Å². The van der Waals surface area contributed by atoms with E-state index in [9.17, 15) is 13.6 Å². The molecule has 0 aliphatic carbocycles. The molecular formula is C20H18F2N2O. The highest BCUT2D eigenvalue weighted by Gasteiger charge is 2.27. The summed E-state index contributed by atoms with van der Waals surface area (Å²) in [5, 5.41) is 1.60. The molecule has 0 spiro atoms. The van der Waals surface area contributed by atoms with Crippen molar-refractivity contribution in [3.8, 4) is 0 Å². The number of benzene rings is 2. The Kier molecular flexibility index (Phi) is 4.09. The smallest absolute Gasteiger partial charge is 0.255 e. The molecule has 0 radical (unpaired) electrons. The normalized spacial score (nSPS) is 18.1. The quantitative estimate of drug-likeness (QED) is 0.778. The molecule has 1 atom stereocenters. The number of hydrogen-bond donors (Lipinski definition) is 1. The Bertz CT molecular complexity index is 983. The van der Waals surface area contributed by atoms with E-state index in [4.69, 9.17) is 0 Å². The molecule has 1 saturated heterocycles. The van der Waals surface area contributed by atoms with Gasteiger partial charge >= 0.3 is 0 Å². The largest absolute Gasteiger partial charge is 0.328 e. The lowest BCUT2D eigenvalue weighted by Gasteiger charge is -2.25. The number of pyridine rings is 1. The number of fused-ring (bicyclic) bond motifs is 1. The van der Waals surface area contributed by atoms with Crippen molar-refractivity contribution in [2.24, 2.45) is 0 Å². The molecule has 25 heavy (non-hydrogen) atoms. The van der Waals surface area contributed by atoms with Gasteiger partial charge in [0.25, 0.3) is 5.56 Å². The number of hydrogen-bond acceptors (Lipinski definition) is 2. The van der Waals surface area contributed by atoms with E-state index in [1.807, 2.05) is 24.3 Å². The third-order valence-corrected chi connectivity index (χ3v) is 4.96. The van der Waals surface area contributed by atoms with Crippen molar-refractivity contribution in [3.05, 3.63) is 81.8 Å². The predicted octanol–water partition coefficient (Wildman–Crippen LogP) is 4.14. The Hall–Kier alpha value is -2.53. The van der Waals surface area contributed by atoms with Crippen LogP contribution in [0.25, 0.3) is 10.8 Å². The summed E-state index contributed by atoms with van der Waals surface area (Å²) in [7, 11) is 0. The third-order valence-electron chi connectivity index (χ3n) is 4.96. The highest BCUT2D eigenvalue weighted by Crippen LogP contribution is 2.34. The van der Waals surface area contributed by atoms with E-state index in [0.29, 0.717) is 11.9 Å². The molecule has 3 aromatic rings. The van der Waals surface area contributed by atoms with E-state index in [0.717, 1.165) is 35.9 Å². The maximum absolute atomic E-state index is 13.6. The van der Waals surface area contributed by atoms with Crippen LogP contribution in [0.5, 0.6) is 0 Å². The Morgan fingerprint density at radius 1 is 1.08 bits per heavy atom. The first kappa shape index (κ1) is 16.0. The summed E-state index contributed by atoms with van der Waals surface area (Å²) in [6.45, 7) is 1.54. The minimum atomic E-state index is -0.820. The predicted molar refractivity (Wildman–Crippen MR) is 93.3 cm³/mol. The first-order chi connectivity index (χ1) is 12.1. The summed E-state index contributed by atoms with van der Waals surface area (Å²) in [5.41, 5.74) is 1.73. The van der Waals surface area contributed by atoms with Gasteiger partial charge in [0.05, 0.1) is 0 Å². The minimum Gasteiger partial charge on any atom is -0.328 e. The molecule has 1 aliphatic rings. The van der Waals surface area contributed by atoms with Gasteiger partial charge in [-0.1, -0.05) is 24.3 Å². The second-order valence-electron chi connectivity index (χ2n) is 6.49. The van der Waals surface area contributed by atoms with Gasteiger partial charge in [-0.05, 0) is 54.1 Å². The average Bonchev–Trinajstić information content (AvgIpc) is 3.08. The topological polar surface area (TPSA) is 36.1 Å². The van der Waals surface area contributed by atoms with Crippen molar-refractivity contribution in [2.75, 3.05) is 6.54 Å². The van der Waals surface area contributed by atoms with Crippen molar-refractivity contribution in [1.29, 1.82) is 0 Å². The van der Waals surface area contributed by atoms with Crippen LogP contribution in [-0.2, 0) is 6.54 Å². The van der Waals surface area contributed by atoms with Crippen molar-refractivity contribution in [2.45, 2.75) is 25.4 Å². The Labute approximate surface area is 143 Å². The van der Waals surface area contributed by atoms with E-state index in [-0.39, 0.29) is 11.6 Å². The molecule has 0 saturated carbocycles. The number of rotatable bonds is 3. The second kappa shape index (κ2) is 6.41. The SMILES string of the molecule is O=c1[nH]cc(CN2CCCC2c2ccc(F)c(F)c2)c2ccccc12. The summed E-state index contributed by atoms with van der Waals surface area (Å²) >= 11 is 0. The molecule has 0 bridgehead atoms. The van der Waals surface area contributed by atoms with Crippen LogP contribution in [0.15, 0.2) is 53.5 Å². The summed E-state index contributed by atoms with van der Waals surface area (Å²) in [6.07, 6.45) is 3.67. The van der Waals surface area contributed by atoms with Gasteiger partial charge in [0, 0.05) is 24.2 Å². The van der Waals surface area contributed by atoms with Crippen LogP contribution < -0.4 is 5.56 Å². The first-order valence-corrected chi connectivity index (χ1v) is 8.42. The van der Waals surface area contributed by atoms with Crippen molar-refractivity contribution in [3.63, 3.8) is 0 Å². The summed E-state index contributed by atoms with van der Waals surface area (Å²) < 4.78 is 26.8. The first-order valence-electron chi connectivity index (χ1n) is 8.42. The fourth-order valence-corrected chi connectivity index (χ4v) is 3.73. The van der Waals surface area contributed by atoms with Crippen LogP contribution in [0, 0.1) is 11.6 Å². The van der Waals surface area contributed by atoms with Crippen LogP contribution in [-0.4, -0.2) is 16.4 Å². The molecular weight excluding hydrogens is 322 g/mol. The van der Waals surface area contributed by atoms with Gasteiger partial charge in [0.2, 0.25) is 0 Å². The zero-order valence-electron chi connectivity index (χ0n) is 13.6. The molecule has 2 heterocycles. The van der Waals surface area contributed by atoms with E-state index < -0.39 is 11.6 Å². The van der Waals surface area contributed by atoms with Crippen molar-refractivity contribution < 1.29 is 8.78 Å². The molecule has 0 amide bonds. The molecule has 4 rings (SSSR count). The lowest BCUT2D eigenvalue weighted by atomic mass is 10.0. The van der Waals surface area contributed by atoms with E-state index in [2.05, 4.69) is 9.88 Å². The fraction of sp³-hybridized carbons (Fsp3) is 0.250. The molecule has 5 heteroatoms. The number of nitrogens with one attached hydrogen (secondary N) is 1. The highest BCUT2D eigenvalue weighted by atomic mass is 19.2. The molecule has 1 N–H and O–H groups in total. The summed E-state index contributed by atoms with van der Waals surface area (Å²) in [6, 6.07) is 11.7. The molecule has 3 nitrogen and oxygen atoms in total. The van der Waals surface area contributed by atoms with Gasteiger partial charge in [-0.2, -0.15) is 0 Å². The lowest BCUT2D eigenvalue weighted by Crippen LogP contribution is -2.23. The average molecular weight is 340 g/mol. The Morgan fingerprint density at radius 3 is 2.68 bits per heavy atom. The minimum absolute atomic E-state index is 0.0563. The van der Waals surface area contributed by atoms with Crippen LogP contribution in [0.1, 0.15) is 30.0 Å². The number of likely N-dealkylation sites (tertiary alicyclic amines) is 1. The van der Waals surface area contributed by atoms with Gasteiger partial charge in [-0.3, -0.25) is 9.69 Å². The Morgan fingerprint density at radius 2 is 1.88 bits per heavy atom. The van der Waals surface area contributed by atoms with E-state index in [1.165, 1.54) is 12.1 Å².